The topological polar surface area (TPSA) is 37.4 Å². The monoisotopic (exact) mass is 269 g/mol. The number of hydrogen-bond acceptors (Lipinski definition) is 3. The smallest absolute Gasteiger partial charge is 0.148 e. The van der Waals surface area contributed by atoms with Crippen LogP contribution in [0.4, 0.5) is 0 Å². The van der Waals surface area contributed by atoms with Crippen molar-refractivity contribution in [1.82, 2.24) is 4.90 Å². The van der Waals surface area contributed by atoms with Gasteiger partial charge in [-0.15, -0.1) is 0 Å². The molecule has 0 bridgehead atoms. The third-order valence-electron chi connectivity index (χ3n) is 2.23. The minimum atomic E-state index is -2.80. The molecular formula is C8H16BrNO2S. The van der Waals surface area contributed by atoms with Crippen LogP contribution >= 0.6 is 15.9 Å². The number of sulfone groups is 1. The lowest BCUT2D eigenvalue weighted by Crippen LogP contribution is -2.38. The summed E-state index contributed by atoms with van der Waals surface area (Å²) >= 11 is 3.56. The van der Waals surface area contributed by atoms with E-state index in [0.717, 1.165) is 13.1 Å². The van der Waals surface area contributed by atoms with Crippen molar-refractivity contribution in [3.63, 3.8) is 0 Å². The van der Waals surface area contributed by atoms with Crippen molar-refractivity contribution in [1.29, 1.82) is 0 Å². The van der Waals surface area contributed by atoms with E-state index < -0.39 is 9.84 Å². The highest BCUT2D eigenvalue weighted by atomic mass is 79.9. The summed E-state index contributed by atoms with van der Waals surface area (Å²) in [6.07, 6.45) is 3.66. The highest BCUT2D eigenvalue weighted by molar-refractivity contribution is 9.09. The summed E-state index contributed by atoms with van der Waals surface area (Å²) in [6.45, 7) is 2.70. The predicted molar refractivity (Wildman–Crippen MR) is 58.1 cm³/mol. The lowest BCUT2D eigenvalue weighted by Gasteiger charge is -2.29. The van der Waals surface area contributed by atoms with Crippen LogP contribution in [-0.4, -0.2) is 49.8 Å². The van der Waals surface area contributed by atoms with Crippen LogP contribution in [0.3, 0.4) is 0 Å². The molecule has 0 aromatic carbocycles. The maximum absolute atomic E-state index is 10.9. The van der Waals surface area contributed by atoms with Crippen LogP contribution in [0, 0.1) is 0 Å². The van der Waals surface area contributed by atoms with Crippen molar-refractivity contribution in [2.75, 3.05) is 31.6 Å². The predicted octanol–water partition coefficient (Wildman–Crippen LogP) is 0.890. The second-order valence-corrected chi connectivity index (χ2v) is 7.22. The summed E-state index contributed by atoms with van der Waals surface area (Å²) in [7, 11) is -2.80. The van der Waals surface area contributed by atoms with Gasteiger partial charge in [-0.3, -0.25) is 0 Å². The Kier molecular flexibility index (Phi) is 4.19. The third-order valence-corrected chi connectivity index (χ3v) is 3.90. The third kappa shape index (κ3) is 4.98. The molecule has 0 radical (unpaired) electrons. The molecule has 5 heteroatoms. The van der Waals surface area contributed by atoms with Crippen LogP contribution in [0.15, 0.2) is 0 Å². The van der Waals surface area contributed by atoms with Gasteiger partial charge in [0.2, 0.25) is 0 Å². The molecule has 0 aliphatic carbocycles. The van der Waals surface area contributed by atoms with Gasteiger partial charge in [-0.25, -0.2) is 8.42 Å². The molecule has 1 unspecified atom stereocenters. The maximum Gasteiger partial charge on any atom is 0.148 e. The number of hydrogen-bond donors (Lipinski definition) is 0. The van der Waals surface area contributed by atoms with Gasteiger partial charge < -0.3 is 4.90 Å². The van der Waals surface area contributed by atoms with E-state index in [0.29, 0.717) is 11.4 Å². The van der Waals surface area contributed by atoms with Gasteiger partial charge in [-0.05, 0) is 19.4 Å². The van der Waals surface area contributed by atoms with Crippen molar-refractivity contribution < 1.29 is 8.42 Å². The summed E-state index contributed by atoms with van der Waals surface area (Å²) in [5, 5.41) is 0. The summed E-state index contributed by atoms with van der Waals surface area (Å²) in [6, 6.07) is 0. The minimum Gasteiger partial charge on any atom is -0.301 e. The molecule has 0 aromatic heterocycles. The van der Waals surface area contributed by atoms with Gasteiger partial charge >= 0.3 is 0 Å². The molecule has 0 amide bonds. The molecule has 1 atom stereocenters. The molecule has 1 saturated heterocycles. The van der Waals surface area contributed by atoms with Gasteiger partial charge in [0.25, 0.3) is 0 Å². The zero-order valence-corrected chi connectivity index (χ0v) is 10.3. The molecule has 1 aliphatic rings. The fourth-order valence-electron chi connectivity index (χ4n) is 1.50. The Morgan fingerprint density at radius 1 is 1.54 bits per heavy atom. The summed E-state index contributed by atoms with van der Waals surface area (Å²) in [5.41, 5.74) is 0. The van der Waals surface area contributed by atoms with Crippen LogP contribution in [0.1, 0.15) is 12.8 Å². The van der Waals surface area contributed by atoms with E-state index in [2.05, 4.69) is 20.8 Å². The Bertz CT molecular complexity index is 253. The highest BCUT2D eigenvalue weighted by Gasteiger charge is 2.17. The van der Waals surface area contributed by atoms with Crippen LogP contribution in [-0.2, 0) is 9.84 Å². The number of piperidine rings is 1. The SMILES string of the molecule is CS(=O)(=O)CCN1CCCC(Br)C1. The molecule has 1 rings (SSSR count). The molecule has 1 aliphatic heterocycles. The first-order valence-electron chi connectivity index (χ1n) is 4.51. The lowest BCUT2D eigenvalue weighted by atomic mass is 10.1. The van der Waals surface area contributed by atoms with E-state index in [1.54, 1.807) is 0 Å². The summed E-state index contributed by atoms with van der Waals surface area (Å²) in [5.74, 6) is 0.284. The average molecular weight is 270 g/mol. The number of likely N-dealkylation sites (tertiary alicyclic amines) is 1. The van der Waals surface area contributed by atoms with Gasteiger partial charge in [0, 0.05) is 24.2 Å². The van der Waals surface area contributed by atoms with E-state index in [4.69, 9.17) is 0 Å². The van der Waals surface area contributed by atoms with Crippen LogP contribution in [0.5, 0.6) is 0 Å². The van der Waals surface area contributed by atoms with E-state index in [1.807, 2.05) is 0 Å². The first-order valence-corrected chi connectivity index (χ1v) is 7.49. The van der Waals surface area contributed by atoms with Gasteiger partial charge in [0.05, 0.1) is 5.75 Å². The van der Waals surface area contributed by atoms with Crippen LogP contribution < -0.4 is 0 Å². The Labute approximate surface area is 88.5 Å². The molecule has 3 nitrogen and oxygen atoms in total. The molecule has 0 aromatic rings. The van der Waals surface area contributed by atoms with Crippen LogP contribution in [0.25, 0.3) is 0 Å². The van der Waals surface area contributed by atoms with Crippen molar-refractivity contribution in [2.24, 2.45) is 0 Å². The van der Waals surface area contributed by atoms with Gasteiger partial charge in [-0.1, -0.05) is 15.9 Å². The number of nitrogens with zero attached hydrogens (tertiary/aromatic N) is 1. The molecule has 0 saturated carbocycles. The van der Waals surface area contributed by atoms with E-state index in [9.17, 15) is 8.42 Å². The van der Waals surface area contributed by atoms with Crippen molar-refractivity contribution >= 4 is 25.8 Å². The molecule has 1 fully saturated rings. The largest absolute Gasteiger partial charge is 0.301 e. The van der Waals surface area contributed by atoms with E-state index >= 15 is 0 Å². The molecule has 78 valence electrons. The molecular weight excluding hydrogens is 254 g/mol. The minimum absolute atomic E-state index is 0.284. The summed E-state index contributed by atoms with van der Waals surface area (Å²) in [4.78, 5) is 2.75. The number of alkyl halides is 1. The van der Waals surface area contributed by atoms with Gasteiger partial charge in [0.1, 0.15) is 9.84 Å². The van der Waals surface area contributed by atoms with E-state index in [1.165, 1.54) is 19.1 Å². The molecule has 0 N–H and O–H groups in total. The van der Waals surface area contributed by atoms with Gasteiger partial charge in [0.15, 0.2) is 0 Å². The molecule has 13 heavy (non-hydrogen) atoms. The maximum atomic E-state index is 10.9. The Morgan fingerprint density at radius 2 is 2.23 bits per heavy atom. The Morgan fingerprint density at radius 3 is 2.77 bits per heavy atom. The van der Waals surface area contributed by atoms with E-state index in [-0.39, 0.29) is 5.75 Å². The second kappa shape index (κ2) is 4.75. The Balaban J connectivity index is 2.29. The average Bonchev–Trinajstić information content (AvgIpc) is 2.00. The second-order valence-electron chi connectivity index (χ2n) is 3.67. The Hall–Kier alpha value is 0.390. The number of halogens is 1. The zero-order chi connectivity index (χ0) is 9.90. The quantitative estimate of drug-likeness (QED) is 0.715. The van der Waals surface area contributed by atoms with Crippen LogP contribution in [0.2, 0.25) is 0 Å². The fourth-order valence-corrected chi connectivity index (χ4v) is 2.82. The molecule has 1 heterocycles. The first kappa shape index (κ1) is 11.5. The standard InChI is InChI=1S/C8H16BrNO2S/c1-13(11,12)6-5-10-4-2-3-8(9)7-10/h8H,2-7H2,1H3. The van der Waals surface area contributed by atoms with Crippen molar-refractivity contribution in [3.8, 4) is 0 Å². The normalized spacial score (nSPS) is 26.2. The molecule has 0 spiro atoms. The fraction of sp³-hybridized carbons (Fsp3) is 1.00. The lowest BCUT2D eigenvalue weighted by molar-refractivity contribution is 0.248. The van der Waals surface area contributed by atoms with Crippen molar-refractivity contribution in [2.45, 2.75) is 17.7 Å². The van der Waals surface area contributed by atoms with Gasteiger partial charge in [-0.2, -0.15) is 0 Å². The first-order chi connectivity index (χ1) is 5.97. The number of rotatable bonds is 3. The highest BCUT2D eigenvalue weighted by Crippen LogP contribution is 2.16. The summed E-state index contributed by atoms with van der Waals surface area (Å²) < 4.78 is 21.8. The van der Waals surface area contributed by atoms with Crippen molar-refractivity contribution in [3.05, 3.63) is 0 Å². The zero-order valence-electron chi connectivity index (χ0n) is 7.87.